The van der Waals surface area contributed by atoms with E-state index in [9.17, 15) is 9.59 Å². The molecular formula is C20H25NO3. The van der Waals surface area contributed by atoms with Crippen LogP contribution in [0.3, 0.4) is 0 Å². The van der Waals surface area contributed by atoms with Crippen LogP contribution in [0.1, 0.15) is 57.9 Å². The van der Waals surface area contributed by atoms with Crippen LogP contribution in [-0.2, 0) is 9.59 Å². The topological polar surface area (TPSA) is 55.4 Å². The lowest BCUT2D eigenvalue weighted by molar-refractivity contribution is -0.122. The summed E-state index contributed by atoms with van der Waals surface area (Å²) in [5, 5.41) is 2.95. The first-order chi connectivity index (χ1) is 11.4. The fourth-order valence-corrected chi connectivity index (χ4v) is 3.73. The van der Waals surface area contributed by atoms with Crippen LogP contribution in [0.4, 0.5) is 0 Å². The third-order valence-electron chi connectivity index (χ3n) is 4.70. The van der Waals surface area contributed by atoms with Crippen LogP contribution in [0.5, 0.6) is 5.75 Å². The highest BCUT2D eigenvalue weighted by molar-refractivity contribution is 6.02. The molecule has 1 aromatic carbocycles. The number of Topliss-reactive ketones (excluding diaryl/α,β-unsaturated/α-hetero) is 1. The minimum absolute atomic E-state index is 0.0189. The summed E-state index contributed by atoms with van der Waals surface area (Å²) in [6.45, 7) is 6.83. The van der Waals surface area contributed by atoms with Gasteiger partial charge in [0, 0.05) is 35.6 Å². The normalized spacial score (nSPS) is 22.9. The molecule has 1 aromatic rings. The Balaban J connectivity index is 2.04. The minimum atomic E-state index is -0.203. The van der Waals surface area contributed by atoms with Crippen molar-refractivity contribution in [2.75, 3.05) is 6.61 Å². The molecular weight excluding hydrogens is 302 g/mol. The Labute approximate surface area is 143 Å². The molecule has 1 aliphatic carbocycles. The summed E-state index contributed by atoms with van der Waals surface area (Å²) in [6.07, 6.45) is 2.47. The fraction of sp³-hybridized carbons (Fsp3) is 0.500. The Morgan fingerprint density at radius 1 is 1.21 bits per heavy atom. The molecule has 1 unspecified atom stereocenters. The Kier molecular flexibility index (Phi) is 4.48. The van der Waals surface area contributed by atoms with Gasteiger partial charge >= 0.3 is 0 Å². The Morgan fingerprint density at radius 3 is 2.71 bits per heavy atom. The van der Waals surface area contributed by atoms with Crippen molar-refractivity contribution in [1.82, 2.24) is 5.32 Å². The zero-order chi connectivity index (χ0) is 17.3. The van der Waals surface area contributed by atoms with Gasteiger partial charge in [0.2, 0.25) is 5.91 Å². The molecule has 0 aromatic heterocycles. The van der Waals surface area contributed by atoms with E-state index in [0.717, 1.165) is 35.4 Å². The molecule has 1 aliphatic heterocycles. The van der Waals surface area contributed by atoms with Crippen LogP contribution >= 0.6 is 0 Å². The first kappa shape index (κ1) is 16.7. The van der Waals surface area contributed by atoms with Crippen LogP contribution < -0.4 is 10.1 Å². The largest absolute Gasteiger partial charge is 0.493 e. The van der Waals surface area contributed by atoms with Gasteiger partial charge in [0.25, 0.3) is 0 Å². The van der Waals surface area contributed by atoms with E-state index in [0.29, 0.717) is 19.4 Å². The number of para-hydroxylation sites is 1. The second-order valence-corrected chi connectivity index (χ2v) is 7.52. The van der Waals surface area contributed by atoms with Crippen LogP contribution in [0.25, 0.3) is 0 Å². The number of ketones is 1. The van der Waals surface area contributed by atoms with Gasteiger partial charge in [-0.2, -0.15) is 0 Å². The molecule has 1 N–H and O–H groups in total. The minimum Gasteiger partial charge on any atom is -0.493 e. The number of carbonyl (C=O) groups is 2. The smallest absolute Gasteiger partial charge is 0.225 e. The zero-order valence-electron chi connectivity index (χ0n) is 14.6. The van der Waals surface area contributed by atoms with E-state index < -0.39 is 0 Å². The number of rotatable bonds is 4. The highest BCUT2D eigenvalue weighted by atomic mass is 16.5. The molecule has 0 saturated heterocycles. The molecule has 1 heterocycles. The van der Waals surface area contributed by atoms with Gasteiger partial charge in [-0.05, 0) is 24.3 Å². The van der Waals surface area contributed by atoms with Gasteiger partial charge in [0.15, 0.2) is 5.78 Å². The number of hydrogen-bond donors (Lipinski definition) is 1. The van der Waals surface area contributed by atoms with Gasteiger partial charge in [-0.15, -0.1) is 0 Å². The van der Waals surface area contributed by atoms with Crippen LogP contribution in [0.2, 0.25) is 0 Å². The molecule has 0 spiro atoms. The van der Waals surface area contributed by atoms with E-state index in [-0.39, 0.29) is 23.0 Å². The maximum atomic E-state index is 12.8. The highest BCUT2D eigenvalue weighted by Crippen LogP contribution is 2.45. The molecule has 2 aliphatic rings. The molecule has 1 atom stereocenters. The lowest BCUT2D eigenvalue weighted by Crippen LogP contribution is -2.40. The number of benzene rings is 1. The van der Waals surface area contributed by atoms with Crippen molar-refractivity contribution in [1.29, 1.82) is 0 Å². The Hall–Kier alpha value is -2.10. The zero-order valence-corrected chi connectivity index (χ0v) is 14.6. The van der Waals surface area contributed by atoms with Crippen LogP contribution in [-0.4, -0.2) is 18.3 Å². The lowest BCUT2D eigenvalue weighted by Gasteiger charge is -2.38. The van der Waals surface area contributed by atoms with Gasteiger partial charge in [0.05, 0.1) is 6.61 Å². The lowest BCUT2D eigenvalue weighted by atomic mass is 9.70. The molecule has 128 valence electrons. The first-order valence-corrected chi connectivity index (χ1v) is 8.69. The summed E-state index contributed by atoms with van der Waals surface area (Å²) < 4.78 is 5.87. The molecule has 0 radical (unpaired) electrons. The molecule has 4 nitrogen and oxygen atoms in total. The van der Waals surface area contributed by atoms with Crippen molar-refractivity contribution < 1.29 is 14.3 Å². The van der Waals surface area contributed by atoms with Crippen molar-refractivity contribution in [3.63, 3.8) is 0 Å². The molecule has 0 saturated carbocycles. The van der Waals surface area contributed by atoms with E-state index in [1.165, 1.54) is 0 Å². The molecule has 4 heteroatoms. The fourth-order valence-electron chi connectivity index (χ4n) is 3.73. The number of nitrogens with one attached hydrogen (secondary N) is 1. The molecule has 1 amide bonds. The average Bonchev–Trinajstić information content (AvgIpc) is 2.50. The van der Waals surface area contributed by atoms with Gasteiger partial charge in [-0.25, -0.2) is 0 Å². The van der Waals surface area contributed by atoms with Crippen molar-refractivity contribution in [3.05, 3.63) is 41.1 Å². The maximum Gasteiger partial charge on any atom is 0.225 e. The van der Waals surface area contributed by atoms with Crippen molar-refractivity contribution in [2.45, 2.75) is 52.4 Å². The van der Waals surface area contributed by atoms with E-state index in [1.54, 1.807) is 0 Å². The first-order valence-electron chi connectivity index (χ1n) is 8.69. The number of ether oxygens (including phenoxy) is 1. The summed E-state index contributed by atoms with van der Waals surface area (Å²) in [4.78, 5) is 25.1. The quantitative estimate of drug-likeness (QED) is 0.917. The number of hydrogen-bond acceptors (Lipinski definition) is 3. The van der Waals surface area contributed by atoms with Gasteiger partial charge in [-0.3, -0.25) is 9.59 Å². The van der Waals surface area contributed by atoms with E-state index in [2.05, 4.69) is 26.1 Å². The Bertz CT molecular complexity index is 703. The average molecular weight is 327 g/mol. The molecule has 0 bridgehead atoms. The monoisotopic (exact) mass is 327 g/mol. The van der Waals surface area contributed by atoms with E-state index in [1.807, 2.05) is 24.3 Å². The summed E-state index contributed by atoms with van der Waals surface area (Å²) >= 11 is 0. The van der Waals surface area contributed by atoms with Crippen molar-refractivity contribution in [3.8, 4) is 5.75 Å². The third kappa shape index (κ3) is 3.23. The second kappa shape index (κ2) is 6.42. The number of allylic oxidation sites excluding steroid dienone is 2. The summed E-state index contributed by atoms with van der Waals surface area (Å²) in [5.41, 5.74) is 2.43. The Morgan fingerprint density at radius 2 is 1.96 bits per heavy atom. The van der Waals surface area contributed by atoms with Gasteiger partial charge < -0.3 is 10.1 Å². The third-order valence-corrected chi connectivity index (χ3v) is 4.70. The predicted octanol–water partition coefficient (Wildman–Crippen LogP) is 3.72. The highest BCUT2D eigenvalue weighted by Gasteiger charge is 2.41. The maximum absolute atomic E-state index is 12.8. The van der Waals surface area contributed by atoms with Crippen LogP contribution in [0.15, 0.2) is 35.5 Å². The standard InChI is InChI=1S/C20H25NO3/c1-4-9-24-17-8-6-5-7-13(17)14-10-18(23)21-15-11-20(2,3)12-16(22)19(14)15/h5-8,14H,4,9-12H2,1-3H3,(H,21,23). The second-order valence-electron chi connectivity index (χ2n) is 7.52. The molecule has 24 heavy (non-hydrogen) atoms. The van der Waals surface area contributed by atoms with Crippen molar-refractivity contribution >= 4 is 11.7 Å². The summed E-state index contributed by atoms with van der Waals surface area (Å²) in [7, 11) is 0. The SMILES string of the molecule is CCCOc1ccccc1C1CC(=O)NC2=C1C(=O)CC(C)(C)C2. The van der Waals surface area contributed by atoms with Gasteiger partial charge in [-0.1, -0.05) is 39.0 Å². The number of carbonyl (C=O) groups excluding carboxylic acids is 2. The molecule has 0 fully saturated rings. The molecule has 3 rings (SSSR count). The van der Waals surface area contributed by atoms with E-state index in [4.69, 9.17) is 4.74 Å². The van der Waals surface area contributed by atoms with Crippen molar-refractivity contribution in [2.24, 2.45) is 5.41 Å². The summed E-state index contributed by atoms with van der Waals surface area (Å²) in [5.74, 6) is 0.708. The van der Waals surface area contributed by atoms with E-state index >= 15 is 0 Å². The number of amides is 1. The summed E-state index contributed by atoms with van der Waals surface area (Å²) in [6, 6.07) is 7.78. The predicted molar refractivity (Wildman–Crippen MR) is 92.8 cm³/mol. The van der Waals surface area contributed by atoms with Gasteiger partial charge in [0.1, 0.15) is 5.75 Å². The van der Waals surface area contributed by atoms with Crippen LogP contribution in [0, 0.1) is 5.41 Å².